The van der Waals surface area contributed by atoms with Crippen LogP contribution in [0.3, 0.4) is 0 Å². The van der Waals surface area contributed by atoms with Gasteiger partial charge in [-0.1, -0.05) is 18.2 Å². The first kappa shape index (κ1) is 15.8. The minimum Gasteiger partial charge on any atom is -0.452 e. The fraction of sp³-hybridized carbons (Fsp3) is 0.353. The topological polar surface area (TPSA) is 79.2 Å². The van der Waals surface area contributed by atoms with Gasteiger partial charge in [0, 0.05) is 5.69 Å². The number of carbonyl (C=O) groups excluding carboxylic acids is 2. The van der Waals surface area contributed by atoms with Crippen molar-refractivity contribution < 1.29 is 14.3 Å². The molecule has 0 radical (unpaired) electrons. The van der Waals surface area contributed by atoms with Gasteiger partial charge in [-0.25, -0.2) is 0 Å². The molecule has 1 aliphatic carbocycles. The van der Waals surface area contributed by atoms with E-state index < -0.39 is 12.0 Å². The van der Waals surface area contributed by atoms with Gasteiger partial charge in [-0.2, -0.15) is 5.26 Å². The molecule has 22 heavy (non-hydrogen) atoms. The van der Waals surface area contributed by atoms with E-state index in [0.717, 1.165) is 12.8 Å². The third kappa shape index (κ3) is 4.19. The second-order valence-corrected chi connectivity index (χ2v) is 5.24. The smallest absolute Gasteiger partial charge is 0.310 e. The standard InChI is InChI=1S/C17H18N2O3/c1-12(22-17(21)14-7-3-2-4-8-14)16(20)19-15-9-5-6-13(10-15)11-18/h2-3,5-6,9-10,12,14H,4,7-8H2,1H3,(H,19,20)/t12-,14+/m0/s1. The average Bonchev–Trinajstić information content (AvgIpc) is 2.55. The molecule has 0 aromatic heterocycles. The van der Waals surface area contributed by atoms with Gasteiger partial charge in [0.25, 0.3) is 5.91 Å². The lowest BCUT2D eigenvalue weighted by atomic mass is 9.95. The van der Waals surface area contributed by atoms with E-state index in [1.54, 1.807) is 31.2 Å². The molecule has 1 aliphatic rings. The van der Waals surface area contributed by atoms with Crippen LogP contribution in [0.2, 0.25) is 0 Å². The quantitative estimate of drug-likeness (QED) is 0.684. The summed E-state index contributed by atoms with van der Waals surface area (Å²) in [7, 11) is 0. The second-order valence-electron chi connectivity index (χ2n) is 5.24. The van der Waals surface area contributed by atoms with E-state index in [0.29, 0.717) is 17.7 Å². The Labute approximate surface area is 129 Å². The summed E-state index contributed by atoms with van der Waals surface area (Å²) < 4.78 is 5.23. The monoisotopic (exact) mass is 298 g/mol. The van der Waals surface area contributed by atoms with Crippen molar-refractivity contribution >= 4 is 17.6 Å². The van der Waals surface area contributed by atoms with Gasteiger partial charge in [-0.15, -0.1) is 0 Å². The first-order valence-electron chi connectivity index (χ1n) is 7.26. The fourth-order valence-corrected chi connectivity index (χ4v) is 2.24. The molecule has 0 saturated carbocycles. The molecular formula is C17H18N2O3. The molecule has 0 unspecified atom stereocenters. The Hall–Kier alpha value is -2.61. The average molecular weight is 298 g/mol. The molecular weight excluding hydrogens is 280 g/mol. The van der Waals surface area contributed by atoms with E-state index in [2.05, 4.69) is 5.32 Å². The Kier molecular flexibility index (Phi) is 5.31. The Morgan fingerprint density at radius 2 is 2.23 bits per heavy atom. The first-order chi connectivity index (χ1) is 10.6. The van der Waals surface area contributed by atoms with Crippen molar-refractivity contribution in [3.05, 3.63) is 42.0 Å². The van der Waals surface area contributed by atoms with Crippen molar-refractivity contribution in [3.8, 4) is 6.07 Å². The molecule has 5 nitrogen and oxygen atoms in total. The number of benzene rings is 1. The highest BCUT2D eigenvalue weighted by Gasteiger charge is 2.25. The highest BCUT2D eigenvalue weighted by Crippen LogP contribution is 2.20. The summed E-state index contributed by atoms with van der Waals surface area (Å²) in [5, 5.41) is 11.5. The number of esters is 1. The van der Waals surface area contributed by atoms with Crippen LogP contribution in [0.25, 0.3) is 0 Å². The Morgan fingerprint density at radius 1 is 1.41 bits per heavy atom. The van der Waals surface area contributed by atoms with Crippen LogP contribution in [0.4, 0.5) is 5.69 Å². The molecule has 0 saturated heterocycles. The van der Waals surface area contributed by atoms with Gasteiger partial charge in [-0.3, -0.25) is 9.59 Å². The van der Waals surface area contributed by atoms with Crippen molar-refractivity contribution in [2.75, 3.05) is 5.32 Å². The fourth-order valence-electron chi connectivity index (χ4n) is 2.24. The minimum atomic E-state index is -0.871. The molecule has 1 amide bonds. The molecule has 5 heteroatoms. The zero-order valence-electron chi connectivity index (χ0n) is 12.4. The summed E-state index contributed by atoms with van der Waals surface area (Å²) >= 11 is 0. The summed E-state index contributed by atoms with van der Waals surface area (Å²) in [5.41, 5.74) is 0.962. The lowest BCUT2D eigenvalue weighted by Crippen LogP contribution is -2.32. The van der Waals surface area contributed by atoms with Gasteiger partial charge in [-0.05, 0) is 44.4 Å². The van der Waals surface area contributed by atoms with Crippen LogP contribution < -0.4 is 5.32 Å². The predicted molar refractivity (Wildman–Crippen MR) is 81.8 cm³/mol. The molecule has 0 spiro atoms. The normalized spacial score (nSPS) is 18.1. The van der Waals surface area contributed by atoms with Crippen molar-refractivity contribution in [2.45, 2.75) is 32.3 Å². The van der Waals surface area contributed by atoms with Crippen LogP contribution >= 0.6 is 0 Å². The molecule has 1 aromatic rings. The number of ether oxygens (including phenoxy) is 1. The van der Waals surface area contributed by atoms with Crippen LogP contribution in [0.1, 0.15) is 31.7 Å². The summed E-state index contributed by atoms with van der Waals surface area (Å²) in [5.74, 6) is -0.908. The molecule has 1 N–H and O–H groups in total. The van der Waals surface area contributed by atoms with Gasteiger partial charge in [0.2, 0.25) is 0 Å². The zero-order chi connectivity index (χ0) is 15.9. The van der Waals surface area contributed by atoms with Crippen molar-refractivity contribution in [1.29, 1.82) is 5.26 Å². The number of allylic oxidation sites excluding steroid dienone is 2. The van der Waals surface area contributed by atoms with Gasteiger partial charge >= 0.3 is 5.97 Å². The molecule has 0 fully saturated rings. The van der Waals surface area contributed by atoms with Crippen LogP contribution in [0.5, 0.6) is 0 Å². The zero-order valence-corrected chi connectivity index (χ0v) is 12.4. The molecule has 2 atom stereocenters. The lowest BCUT2D eigenvalue weighted by Gasteiger charge is -2.19. The molecule has 2 rings (SSSR count). The molecule has 1 aromatic carbocycles. The number of rotatable bonds is 4. The van der Waals surface area contributed by atoms with E-state index in [1.165, 1.54) is 0 Å². The largest absolute Gasteiger partial charge is 0.452 e. The highest BCUT2D eigenvalue weighted by molar-refractivity contribution is 5.95. The Balaban J connectivity index is 1.90. The number of hydrogen-bond donors (Lipinski definition) is 1. The van der Waals surface area contributed by atoms with Crippen molar-refractivity contribution in [1.82, 2.24) is 0 Å². The maximum absolute atomic E-state index is 12.0. The van der Waals surface area contributed by atoms with E-state index >= 15 is 0 Å². The SMILES string of the molecule is C[C@H](OC(=O)[C@@H]1CC=CCC1)C(=O)Nc1cccc(C#N)c1. The van der Waals surface area contributed by atoms with E-state index in [-0.39, 0.29) is 11.9 Å². The molecule has 0 heterocycles. The van der Waals surface area contributed by atoms with E-state index in [1.807, 2.05) is 18.2 Å². The number of anilines is 1. The van der Waals surface area contributed by atoms with E-state index in [9.17, 15) is 9.59 Å². The highest BCUT2D eigenvalue weighted by atomic mass is 16.5. The second kappa shape index (κ2) is 7.41. The predicted octanol–water partition coefficient (Wildman–Crippen LogP) is 2.78. The van der Waals surface area contributed by atoms with Crippen molar-refractivity contribution in [2.24, 2.45) is 5.92 Å². The Morgan fingerprint density at radius 3 is 2.91 bits per heavy atom. The summed E-state index contributed by atoms with van der Waals surface area (Å²) in [4.78, 5) is 24.0. The van der Waals surface area contributed by atoms with Gasteiger partial charge < -0.3 is 10.1 Å². The van der Waals surface area contributed by atoms with Crippen LogP contribution in [0.15, 0.2) is 36.4 Å². The number of carbonyl (C=O) groups is 2. The number of nitrogens with zero attached hydrogens (tertiary/aromatic N) is 1. The number of amides is 1. The van der Waals surface area contributed by atoms with Gasteiger partial charge in [0.15, 0.2) is 6.10 Å². The van der Waals surface area contributed by atoms with Gasteiger partial charge in [0.05, 0.1) is 17.6 Å². The number of hydrogen-bond acceptors (Lipinski definition) is 4. The number of nitriles is 1. The maximum Gasteiger partial charge on any atom is 0.310 e. The molecule has 0 aliphatic heterocycles. The maximum atomic E-state index is 12.0. The lowest BCUT2D eigenvalue weighted by molar-refractivity contribution is -0.157. The van der Waals surface area contributed by atoms with E-state index in [4.69, 9.17) is 10.00 Å². The van der Waals surface area contributed by atoms with Crippen LogP contribution in [0, 0.1) is 17.2 Å². The minimum absolute atomic E-state index is 0.165. The summed E-state index contributed by atoms with van der Waals surface area (Å²) in [6, 6.07) is 8.58. The van der Waals surface area contributed by atoms with Gasteiger partial charge in [0.1, 0.15) is 0 Å². The van der Waals surface area contributed by atoms with Crippen molar-refractivity contribution in [3.63, 3.8) is 0 Å². The van der Waals surface area contributed by atoms with Crippen LogP contribution in [-0.4, -0.2) is 18.0 Å². The molecule has 0 bridgehead atoms. The van der Waals surface area contributed by atoms with Crippen LogP contribution in [-0.2, 0) is 14.3 Å². The third-order valence-corrected chi connectivity index (χ3v) is 3.52. The summed E-state index contributed by atoms with van der Waals surface area (Å²) in [6.07, 6.45) is 5.42. The molecule has 114 valence electrons. The number of nitrogens with one attached hydrogen (secondary N) is 1. The Bertz CT molecular complexity index is 631. The summed E-state index contributed by atoms with van der Waals surface area (Å²) in [6.45, 7) is 1.54. The first-order valence-corrected chi connectivity index (χ1v) is 7.26. The third-order valence-electron chi connectivity index (χ3n) is 3.52.